The molecule has 1 saturated heterocycles. The van der Waals surface area contributed by atoms with Gasteiger partial charge in [0.2, 0.25) is 10.0 Å². The fourth-order valence-corrected chi connectivity index (χ4v) is 4.22. The van der Waals surface area contributed by atoms with Crippen LogP contribution in [0.15, 0.2) is 29.2 Å². The summed E-state index contributed by atoms with van der Waals surface area (Å²) in [7, 11) is -3.44. The lowest BCUT2D eigenvalue weighted by molar-refractivity contribution is -0.137. The number of carboxylic acid groups (broad SMARTS) is 1. The summed E-state index contributed by atoms with van der Waals surface area (Å²) in [6.07, 6.45) is 1.37. The lowest BCUT2D eigenvalue weighted by Gasteiger charge is -2.16. The zero-order valence-electron chi connectivity index (χ0n) is 10.8. The van der Waals surface area contributed by atoms with E-state index in [0.717, 1.165) is 9.99 Å². The molecule has 20 heavy (non-hydrogen) atoms. The Morgan fingerprint density at radius 2 is 2.00 bits per heavy atom. The predicted octanol–water partition coefficient (Wildman–Crippen LogP) is 2.17. The molecule has 1 aliphatic heterocycles. The molecule has 110 valence electrons. The maximum absolute atomic E-state index is 12.4. The molecule has 0 amide bonds. The number of carboxylic acids is 1. The molecule has 1 aromatic carbocycles. The Hall–Kier alpha value is -0.670. The van der Waals surface area contributed by atoms with Crippen LogP contribution in [0.4, 0.5) is 0 Å². The standard InChI is InChI=1S/C13H16INO4S/c14-11-2-4-12(5-3-11)20(18,19)15-8-7-10(9-15)1-6-13(16)17/h2-5,10H,1,6-9H2,(H,16,17). The van der Waals surface area contributed by atoms with Gasteiger partial charge in [-0.15, -0.1) is 0 Å². The molecule has 0 spiro atoms. The Kier molecular flexibility index (Phi) is 5.03. The second-order valence-electron chi connectivity index (χ2n) is 4.90. The molecule has 2 rings (SSSR count). The number of sulfonamides is 1. The summed E-state index contributed by atoms with van der Waals surface area (Å²) in [4.78, 5) is 10.9. The highest BCUT2D eigenvalue weighted by Gasteiger charge is 2.32. The summed E-state index contributed by atoms with van der Waals surface area (Å²) >= 11 is 2.13. The molecule has 1 fully saturated rings. The molecule has 0 bridgehead atoms. The van der Waals surface area contributed by atoms with Crippen LogP contribution < -0.4 is 0 Å². The highest BCUT2D eigenvalue weighted by Crippen LogP contribution is 2.27. The van der Waals surface area contributed by atoms with E-state index in [9.17, 15) is 13.2 Å². The van der Waals surface area contributed by atoms with Gasteiger partial charge in [-0.05, 0) is 65.6 Å². The monoisotopic (exact) mass is 409 g/mol. The minimum atomic E-state index is -3.44. The second-order valence-corrected chi connectivity index (χ2v) is 8.09. The maximum atomic E-state index is 12.4. The minimum absolute atomic E-state index is 0.0993. The third-order valence-electron chi connectivity index (χ3n) is 3.47. The van der Waals surface area contributed by atoms with Gasteiger partial charge in [-0.1, -0.05) is 0 Å². The molecule has 1 N–H and O–H groups in total. The van der Waals surface area contributed by atoms with E-state index in [1.807, 2.05) is 0 Å². The third-order valence-corrected chi connectivity index (χ3v) is 6.06. The minimum Gasteiger partial charge on any atom is -0.481 e. The molecule has 0 saturated carbocycles. The first-order valence-electron chi connectivity index (χ1n) is 6.37. The Labute approximate surface area is 132 Å². The average Bonchev–Trinajstić information content (AvgIpc) is 2.86. The molecule has 1 aliphatic rings. The van der Waals surface area contributed by atoms with Gasteiger partial charge in [-0.3, -0.25) is 4.79 Å². The summed E-state index contributed by atoms with van der Waals surface area (Å²) in [5.74, 6) is -0.686. The number of rotatable bonds is 5. The predicted molar refractivity (Wildman–Crippen MR) is 82.9 cm³/mol. The van der Waals surface area contributed by atoms with E-state index < -0.39 is 16.0 Å². The third kappa shape index (κ3) is 3.70. The van der Waals surface area contributed by atoms with E-state index in [4.69, 9.17) is 5.11 Å². The van der Waals surface area contributed by atoms with Gasteiger partial charge < -0.3 is 5.11 Å². The van der Waals surface area contributed by atoms with Crippen molar-refractivity contribution in [2.75, 3.05) is 13.1 Å². The topological polar surface area (TPSA) is 74.7 Å². The molecule has 1 aromatic rings. The van der Waals surface area contributed by atoms with Gasteiger partial charge >= 0.3 is 5.97 Å². The zero-order valence-corrected chi connectivity index (χ0v) is 13.8. The van der Waals surface area contributed by atoms with Crippen LogP contribution in [0.25, 0.3) is 0 Å². The van der Waals surface area contributed by atoms with Crippen LogP contribution >= 0.6 is 22.6 Å². The number of halogens is 1. The van der Waals surface area contributed by atoms with Crippen molar-refractivity contribution >= 4 is 38.6 Å². The van der Waals surface area contributed by atoms with Gasteiger partial charge in [0, 0.05) is 23.1 Å². The van der Waals surface area contributed by atoms with Gasteiger partial charge in [0.05, 0.1) is 4.90 Å². The van der Waals surface area contributed by atoms with E-state index in [1.54, 1.807) is 24.3 Å². The van der Waals surface area contributed by atoms with Crippen LogP contribution in [0.2, 0.25) is 0 Å². The maximum Gasteiger partial charge on any atom is 0.303 e. The van der Waals surface area contributed by atoms with E-state index in [1.165, 1.54) is 4.31 Å². The molecule has 5 nitrogen and oxygen atoms in total. The number of hydrogen-bond donors (Lipinski definition) is 1. The van der Waals surface area contributed by atoms with Gasteiger partial charge in [0.25, 0.3) is 0 Å². The fraction of sp³-hybridized carbons (Fsp3) is 0.462. The zero-order chi connectivity index (χ0) is 14.8. The molecular weight excluding hydrogens is 393 g/mol. The van der Waals surface area contributed by atoms with Gasteiger partial charge in [-0.25, -0.2) is 8.42 Å². The van der Waals surface area contributed by atoms with E-state index in [2.05, 4.69) is 22.6 Å². The second kappa shape index (κ2) is 6.40. The smallest absolute Gasteiger partial charge is 0.303 e. The number of nitrogens with zero attached hydrogens (tertiary/aromatic N) is 1. The molecule has 0 aliphatic carbocycles. The van der Waals surface area contributed by atoms with Gasteiger partial charge in [0.1, 0.15) is 0 Å². The lowest BCUT2D eigenvalue weighted by Crippen LogP contribution is -2.29. The van der Waals surface area contributed by atoms with Crippen LogP contribution in [0.1, 0.15) is 19.3 Å². The van der Waals surface area contributed by atoms with E-state index in [-0.39, 0.29) is 12.3 Å². The molecule has 0 aromatic heterocycles. The largest absolute Gasteiger partial charge is 0.481 e. The van der Waals surface area contributed by atoms with Crippen molar-refractivity contribution in [3.8, 4) is 0 Å². The Balaban J connectivity index is 2.05. The van der Waals surface area contributed by atoms with Crippen LogP contribution in [0.3, 0.4) is 0 Å². The van der Waals surface area contributed by atoms with Crippen molar-refractivity contribution in [1.82, 2.24) is 4.31 Å². The SMILES string of the molecule is O=C(O)CCC1CCN(S(=O)(=O)c2ccc(I)cc2)C1. The summed E-state index contributed by atoms with van der Waals surface area (Å²) in [5, 5.41) is 8.67. The number of benzene rings is 1. The number of carbonyl (C=O) groups is 1. The summed E-state index contributed by atoms with van der Waals surface area (Å²) in [6, 6.07) is 6.76. The molecular formula is C13H16INO4S. The summed E-state index contributed by atoms with van der Waals surface area (Å²) in [6.45, 7) is 0.889. The molecule has 1 atom stereocenters. The quantitative estimate of drug-likeness (QED) is 0.757. The van der Waals surface area contributed by atoms with Crippen LogP contribution in [0.5, 0.6) is 0 Å². The van der Waals surface area contributed by atoms with Crippen molar-refractivity contribution in [2.24, 2.45) is 5.92 Å². The molecule has 0 radical (unpaired) electrons. The van der Waals surface area contributed by atoms with Crippen molar-refractivity contribution in [3.05, 3.63) is 27.8 Å². The first-order valence-corrected chi connectivity index (χ1v) is 8.89. The van der Waals surface area contributed by atoms with E-state index >= 15 is 0 Å². The average molecular weight is 409 g/mol. The van der Waals surface area contributed by atoms with Gasteiger partial charge in [0.15, 0.2) is 0 Å². The molecule has 1 heterocycles. The highest BCUT2D eigenvalue weighted by molar-refractivity contribution is 14.1. The van der Waals surface area contributed by atoms with E-state index in [0.29, 0.717) is 24.4 Å². The summed E-state index contributed by atoms with van der Waals surface area (Å²) < 4.78 is 27.3. The first-order chi connectivity index (χ1) is 9.39. The van der Waals surface area contributed by atoms with Crippen LogP contribution in [0, 0.1) is 9.49 Å². The van der Waals surface area contributed by atoms with Crippen molar-refractivity contribution in [1.29, 1.82) is 0 Å². The van der Waals surface area contributed by atoms with Crippen molar-refractivity contribution < 1.29 is 18.3 Å². The molecule has 1 unspecified atom stereocenters. The van der Waals surface area contributed by atoms with Crippen LogP contribution in [-0.4, -0.2) is 36.9 Å². The van der Waals surface area contributed by atoms with Crippen molar-refractivity contribution in [3.63, 3.8) is 0 Å². The normalized spacial score (nSPS) is 20.1. The van der Waals surface area contributed by atoms with Crippen molar-refractivity contribution in [2.45, 2.75) is 24.2 Å². The van der Waals surface area contributed by atoms with Crippen LogP contribution in [-0.2, 0) is 14.8 Å². The Bertz CT molecular complexity index is 585. The first kappa shape index (κ1) is 15.7. The highest BCUT2D eigenvalue weighted by atomic mass is 127. The number of hydrogen-bond acceptors (Lipinski definition) is 3. The Morgan fingerprint density at radius 3 is 2.60 bits per heavy atom. The number of aliphatic carboxylic acids is 1. The fourth-order valence-electron chi connectivity index (χ4n) is 2.33. The Morgan fingerprint density at radius 1 is 1.35 bits per heavy atom. The van der Waals surface area contributed by atoms with Gasteiger partial charge in [-0.2, -0.15) is 4.31 Å². The lowest BCUT2D eigenvalue weighted by atomic mass is 10.0. The molecule has 7 heteroatoms. The summed E-state index contributed by atoms with van der Waals surface area (Å²) in [5.41, 5.74) is 0.